The van der Waals surface area contributed by atoms with Crippen LogP contribution in [0.1, 0.15) is 11.4 Å². The second-order valence-electron chi connectivity index (χ2n) is 5.70. The van der Waals surface area contributed by atoms with E-state index < -0.39 is 0 Å². The molecule has 20 heavy (non-hydrogen) atoms. The second-order valence-corrected chi connectivity index (χ2v) is 5.70. The minimum absolute atomic E-state index is 0.166. The van der Waals surface area contributed by atoms with Crippen molar-refractivity contribution >= 4 is 0 Å². The van der Waals surface area contributed by atoms with Gasteiger partial charge in [-0.2, -0.15) is 10.2 Å². The first-order valence-electron chi connectivity index (χ1n) is 6.64. The van der Waals surface area contributed by atoms with E-state index in [9.17, 15) is 0 Å². The third kappa shape index (κ3) is 1.82. The lowest BCUT2D eigenvalue weighted by atomic mass is 9.90. The molecular formula is C14H18N6. The van der Waals surface area contributed by atoms with Crippen molar-refractivity contribution < 1.29 is 0 Å². The van der Waals surface area contributed by atoms with Crippen LogP contribution in [-0.2, 0) is 5.54 Å². The molecule has 3 rings (SSSR count). The zero-order valence-electron chi connectivity index (χ0n) is 12.0. The normalized spacial score (nSPS) is 17.7. The van der Waals surface area contributed by atoms with Gasteiger partial charge in [0.1, 0.15) is 0 Å². The number of likely N-dealkylation sites (tertiary alicyclic amines) is 1. The van der Waals surface area contributed by atoms with E-state index in [0.717, 1.165) is 35.6 Å². The first kappa shape index (κ1) is 12.9. The number of hydrogen-bond donors (Lipinski definition) is 1. The third-order valence-corrected chi connectivity index (χ3v) is 3.99. The quantitative estimate of drug-likeness (QED) is 0.859. The first-order valence-corrected chi connectivity index (χ1v) is 6.64. The zero-order chi connectivity index (χ0) is 14.3. The Kier molecular flexibility index (Phi) is 2.87. The molecule has 0 amide bonds. The molecule has 3 heterocycles. The Hall–Kier alpha value is -2.13. The van der Waals surface area contributed by atoms with Crippen LogP contribution in [0.15, 0.2) is 12.4 Å². The molecule has 0 aliphatic carbocycles. The highest BCUT2D eigenvalue weighted by atomic mass is 15.4. The molecule has 6 nitrogen and oxygen atoms in total. The highest BCUT2D eigenvalue weighted by Crippen LogP contribution is 2.31. The molecule has 104 valence electrons. The molecule has 1 aliphatic rings. The number of aryl methyl sites for hydroxylation is 2. The molecule has 1 N–H and O–H groups in total. The average molecular weight is 270 g/mol. The van der Waals surface area contributed by atoms with Gasteiger partial charge in [-0.05, 0) is 20.9 Å². The van der Waals surface area contributed by atoms with Crippen molar-refractivity contribution in [2.45, 2.75) is 19.4 Å². The van der Waals surface area contributed by atoms with Crippen LogP contribution in [0.2, 0.25) is 0 Å². The molecule has 1 fully saturated rings. The van der Waals surface area contributed by atoms with E-state index in [0.29, 0.717) is 6.54 Å². The molecule has 0 atom stereocenters. The predicted molar refractivity (Wildman–Crippen MR) is 76.2 cm³/mol. The van der Waals surface area contributed by atoms with Crippen molar-refractivity contribution in [1.29, 1.82) is 0 Å². The van der Waals surface area contributed by atoms with E-state index in [1.807, 2.05) is 30.9 Å². The Morgan fingerprint density at radius 2 is 2.20 bits per heavy atom. The van der Waals surface area contributed by atoms with Crippen molar-refractivity contribution in [2.24, 2.45) is 0 Å². The molecule has 0 unspecified atom stereocenters. The van der Waals surface area contributed by atoms with Gasteiger partial charge in [0.25, 0.3) is 0 Å². The Bertz CT molecular complexity index is 649. The van der Waals surface area contributed by atoms with Crippen molar-refractivity contribution in [3.63, 3.8) is 0 Å². The third-order valence-electron chi connectivity index (χ3n) is 3.99. The van der Waals surface area contributed by atoms with Crippen LogP contribution in [0, 0.1) is 20.4 Å². The Labute approximate surface area is 118 Å². The minimum atomic E-state index is -0.166. The highest BCUT2D eigenvalue weighted by molar-refractivity contribution is 5.66. The summed E-state index contributed by atoms with van der Waals surface area (Å²) in [6.45, 7) is 13.4. The summed E-state index contributed by atoms with van der Waals surface area (Å²) in [6.07, 6.45) is 3.91. The lowest BCUT2D eigenvalue weighted by Crippen LogP contribution is -2.62. The van der Waals surface area contributed by atoms with Gasteiger partial charge in [0.05, 0.1) is 11.9 Å². The van der Waals surface area contributed by atoms with E-state index in [4.69, 9.17) is 6.57 Å². The smallest absolute Gasteiger partial charge is 0.242 e. The second kappa shape index (κ2) is 4.46. The number of nitrogens with zero attached hydrogens (tertiary/aromatic N) is 5. The van der Waals surface area contributed by atoms with Crippen LogP contribution in [0.3, 0.4) is 0 Å². The van der Waals surface area contributed by atoms with Gasteiger partial charge in [0, 0.05) is 36.1 Å². The van der Waals surface area contributed by atoms with Gasteiger partial charge in [-0.25, -0.2) is 6.57 Å². The highest BCUT2D eigenvalue weighted by Gasteiger charge is 2.47. The molecule has 0 bridgehead atoms. The number of aromatic nitrogens is 4. The van der Waals surface area contributed by atoms with E-state index in [2.05, 4.69) is 32.1 Å². The summed E-state index contributed by atoms with van der Waals surface area (Å²) < 4.78 is 1.96. The molecule has 0 saturated carbocycles. The molecule has 6 heteroatoms. The summed E-state index contributed by atoms with van der Waals surface area (Å²) in [5.74, 6) is 0. The number of nitrogens with one attached hydrogen (secondary N) is 1. The van der Waals surface area contributed by atoms with Gasteiger partial charge in [-0.3, -0.25) is 9.78 Å². The molecule has 0 spiro atoms. The number of aromatic amines is 1. The van der Waals surface area contributed by atoms with Gasteiger partial charge < -0.3 is 9.74 Å². The maximum Gasteiger partial charge on any atom is 0.242 e. The van der Waals surface area contributed by atoms with Crippen molar-refractivity contribution in [1.82, 2.24) is 24.9 Å². The fraction of sp³-hybridized carbons (Fsp3) is 0.500. The zero-order valence-corrected chi connectivity index (χ0v) is 12.0. The average Bonchev–Trinajstić information content (AvgIpc) is 2.95. The summed E-state index contributed by atoms with van der Waals surface area (Å²) in [6, 6.07) is 0. The van der Waals surface area contributed by atoms with Crippen molar-refractivity contribution in [2.75, 3.05) is 26.7 Å². The largest absolute Gasteiger partial charge is 0.314 e. The lowest BCUT2D eigenvalue weighted by Gasteiger charge is -2.44. The molecule has 0 aromatic carbocycles. The Balaban J connectivity index is 1.97. The van der Waals surface area contributed by atoms with E-state index in [-0.39, 0.29) is 5.54 Å². The Morgan fingerprint density at radius 1 is 1.45 bits per heavy atom. The number of rotatable bonds is 3. The van der Waals surface area contributed by atoms with E-state index in [1.54, 1.807) is 0 Å². The molecule has 2 aromatic rings. The fourth-order valence-electron chi connectivity index (χ4n) is 3.11. The molecule has 1 aliphatic heterocycles. The van der Waals surface area contributed by atoms with Crippen LogP contribution < -0.4 is 0 Å². The van der Waals surface area contributed by atoms with E-state index in [1.165, 1.54) is 0 Å². The first-order chi connectivity index (χ1) is 9.55. The maximum atomic E-state index is 7.18. The van der Waals surface area contributed by atoms with Crippen LogP contribution in [0.5, 0.6) is 0 Å². The lowest BCUT2D eigenvalue weighted by molar-refractivity contribution is 0.0365. The Morgan fingerprint density at radius 3 is 2.75 bits per heavy atom. The molecule has 1 saturated heterocycles. The number of likely N-dealkylation sites (N-methyl/N-ethyl adjacent to an activating group) is 1. The van der Waals surface area contributed by atoms with Crippen molar-refractivity contribution in [3.8, 4) is 11.1 Å². The van der Waals surface area contributed by atoms with Gasteiger partial charge >= 0.3 is 0 Å². The maximum absolute atomic E-state index is 7.18. The minimum Gasteiger partial charge on any atom is -0.314 e. The molecular weight excluding hydrogens is 252 g/mol. The van der Waals surface area contributed by atoms with Gasteiger partial charge in [-0.15, -0.1) is 0 Å². The van der Waals surface area contributed by atoms with Crippen LogP contribution in [0.4, 0.5) is 0 Å². The standard InChI is InChI=1S/C14H18N6/c1-10-13(11(2)18-17-10)12-5-16-20(6-12)14(7-15-3)8-19(4)9-14/h5-6H,7-9H2,1-2,4H3,(H,17,18). The monoisotopic (exact) mass is 270 g/mol. The van der Waals surface area contributed by atoms with Gasteiger partial charge in [-0.1, -0.05) is 0 Å². The summed E-state index contributed by atoms with van der Waals surface area (Å²) in [5, 5.41) is 11.7. The number of hydrogen-bond acceptors (Lipinski definition) is 3. The summed E-state index contributed by atoms with van der Waals surface area (Å²) in [4.78, 5) is 5.80. The fourth-order valence-corrected chi connectivity index (χ4v) is 3.11. The van der Waals surface area contributed by atoms with Crippen molar-refractivity contribution in [3.05, 3.63) is 35.2 Å². The van der Waals surface area contributed by atoms with Crippen LogP contribution in [-0.4, -0.2) is 51.6 Å². The molecule has 2 aromatic heterocycles. The summed E-state index contributed by atoms with van der Waals surface area (Å²) in [5.41, 5.74) is 4.04. The molecule has 0 radical (unpaired) electrons. The van der Waals surface area contributed by atoms with Crippen LogP contribution in [0.25, 0.3) is 16.0 Å². The van der Waals surface area contributed by atoms with Gasteiger partial charge in [0.15, 0.2) is 5.54 Å². The van der Waals surface area contributed by atoms with Crippen LogP contribution >= 0.6 is 0 Å². The number of H-pyrrole nitrogens is 1. The topological polar surface area (TPSA) is 54.1 Å². The SMILES string of the molecule is [C-]#[N+]CC1(n2cc(-c3c(C)n[nH]c3C)cn2)CN(C)C1. The summed E-state index contributed by atoms with van der Waals surface area (Å²) >= 11 is 0. The van der Waals surface area contributed by atoms with Gasteiger partial charge in [0.2, 0.25) is 6.54 Å². The predicted octanol–water partition coefficient (Wildman–Crippen LogP) is 1.45. The van der Waals surface area contributed by atoms with E-state index >= 15 is 0 Å². The summed E-state index contributed by atoms with van der Waals surface area (Å²) in [7, 11) is 2.07.